The Hall–Kier alpha value is -0.0800. The molecule has 1 N–H and O–H groups in total. The predicted octanol–water partition coefficient (Wildman–Crippen LogP) is 2.89. The van der Waals surface area contributed by atoms with Crippen LogP contribution in [-0.4, -0.2) is 37.1 Å². The lowest BCUT2D eigenvalue weighted by Gasteiger charge is -2.30. The Balaban J connectivity index is 2.26. The van der Waals surface area contributed by atoms with Gasteiger partial charge in [0.05, 0.1) is 0 Å². The number of hydrogen-bond donors (Lipinski definition) is 1. The minimum absolute atomic E-state index is 0.605. The van der Waals surface area contributed by atoms with Gasteiger partial charge >= 0.3 is 0 Å². The molecule has 0 aromatic carbocycles. The van der Waals surface area contributed by atoms with E-state index in [9.17, 15) is 0 Å². The second-order valence-electron chi connectivity index (χ2n) is 5.72. The Labute approximate surface area is 102 Å². The van der Waals surface area contributed by atoms with Crippen molar-refractivity contribution in [1.82, 2.24) is 10.2 Å². The van der Waals surface area contributed by atoms with Gasteiger partial charge in [0.25, 0.3) is 0 Å². The highest BCUT2D eigenvalue weighted by Crippen LogP contribution is 2.25. The van der Waals surface area contributed by atoms with Crippen LogP contribution in [0.2, 0.25) is 0 Å². The fourth-order valence-electron chi connectivity index (χ4n) is 2.73. The number of rotatable bonds is 7. The van der Waals surface area contributed by atoms with Crippen LogP contribution in [0.3, 0.4) is 0 Å². The predicted molar refractivity (Wildman–Crippen MR) is 71.8 cm³/mol. The molecule has 0 spiro atoms. The molecule has 0 radical (unpaired) electrons. The van der Waals surface area contributed by atoms with Crippen molar-refractivity contribution in [3.63, 3.8) is 0 Å². The van der Waals surface area contributed by atoms with Crippen LogP contribution < -0.4 is 5.32 Å². The van der Waals surface area contributed by atoms with Gasteiger partial charge in [-0.25, -0.2) is 0 Å². The van der Waals surface area contributed by atoms with Crippen LogP contribution in [0, 0.1) is 5.92 Å². The van der Waals surface area contributed by atoms with Gasteiger partial charge in [-0.3, -0.25) is 0 Å². The Morgan fingerprint density at radius 2 is 1.88 bits per heavy atom. The smallest absolute Gasteiger partial charge is 0.0215 e. The van der Waals surface area contributed by atoms with Crippen LogP contribution in [-0.2, 0) is 0 Å². The molecule has 0 heterocycles. The van der Waals surface area contributed by atoms with E-state index in [4.69, 9.17) is 0 Å². The number of nitrogens with one attached hydrogen (secondary N) is 1. The van der Waals surface area contributed by atoms with Crippen LogP contribution in [0.5, 0.6) is 0 Å². The summed E-state index contributed by atoms with van der Waals surface area (Å²) < 4.78 is 0. The Morgan fingerprint density at radius 1 is 1.25 bits per heavy atom. The van der Waals surface area contributed by atoms with E-state index >= 15 is 0 Å². The second-order valence-corrected chi connectivity index (χ2v) is 5.72. The maximum absolute atomic E-state index is 3.56. The van der Waals surface area contributed by atoms with Crippen molar-refractivity contribution in [2.75, 3.05) is 20.1 Å². The zero-order chi connectivity index (χ0) is 12.0. The summed E-state index contributed by atoms with van der Waals surface area (Å²) in [4.78, 5) is 2.57. The van der Waals surface area contributed by atoms with Crippen LogP contribution in [0.1, 0.15) is 52.9 Å². The van der Waals surface area contributed by atoms with E-state index in [1.807, 2.05) is 0 Å². The molecule has 1 atom stereocenters. The second kappa shape index (κ2) is 7.29. The van der Waals surface area contributed by atoms with Crippen molar-refractivity contribution in [2.45, 2.75) is 65.0 Å². The van der Waals surface area contributed by atoms with Crippen molar-refractivity contribution in [2.24, 2.45) is 5.92 Å². The van der Waals surface area contributed by atoms with Gasteiger partial charge in [-0.1, -0.05) is 33.6 Å². The third kappa shape index (κ3) is 4.84. The van der Waals surface area contributed by atoms with E-state index in [0.717, 1.165) is 12.5 Å². The number of nitrogens with zero attached hydrogens (tertiary/aromatic N) is 1. The molecule has 1 unspecified atom stereocenters. The fourth-order valence-corrected chi connectivity index (χ4v) is 2.73. The molecular formula is C14H30N2. The van der Waals surface area contributed by atoms with E-state index < -0.39 is 0 Å². The van der Waals surface area contributed by atoms with E-state index in [-0.39, 0.29) is 0 Å². The van der Waals surface area contributed by atoms with Gasteiger partial charge in [0.2, 0.25) is 0 Å². The zero-order valence-electron chi connectivity index (χ0n) is 11.6. The number of hydrogen-bond acceptors (Lipinski definition) is 2. The first-order valence-electron chi connectivity index (χ1n) is 7.07. The minimum atomic E-state index is 0.605. The average molecular weight is 226 g/mol. The third-order valence-corrected chi connectivity index (χ3v) is 3.88. The molecule has 1 saturated carbocycles. The highest BCUT2D eigenvalue weighted by atomic mass is 15.1. The highest BCUT2D eigenvalue weighted by Gasteiger charge is 2.20. The summed E-state index contributed by atoms with van der Waals surface area (Å²) in [6.07, 6.45) is 7.08. The standard InChI is InChI=1S/C14H30N2/c1-5-14(10-15-12(2)3)16(4)11-13-8-6-7-9-13/h12-15H,5-11H2,1-4H3. The SMILES string of the molecule is CCC(CNC(C)C)N(C)CC1CCCC1. The fraction of sp³-hybridized carbons (Fsp3) is 1.00. The van der Waals surface area contributed by atoms with Crippen LogP contribution in [0.25, 0.3) is 0 Å². The van der Waals surface area contributed by atoms with Crippen LogP contribution in [0.4, 0.5) is 0 Å². The van der Waals surface area contributed by atoms with Gasteiger partial charge in [0.1, 0.15) is 0 Å². The largest absolute Gasteiger partial charge is 0.313 e. The molecule has 16 heavy (non-hydrogen) atoms. The zero-order valence-corrected chi connectivity index (χ0v) is 11.6. The van der Waals surface area contributed by atoms with Gasteiger partial charge in [-0.2, -0.15) is 0 Å². The highest BCUT2D eigenvalue weighted by molar-refractivity contribution is 4.76. The summed E-state index contributed by atoms with van der Waals surface area (Å²) in [5, 5.41) is 3.56. The van der Waals surface area contributed by atoms with Gasteiger partial charge in [0, 0.05) is 25.2 Å². The van der Waals surface area contributed by atoms with E-state index in [1.54, 1.807) is 0 Å². The lowest BCUT2D eigenvalue weighted by Crippen LogP contribution is -2.43. The molecule has 0 aromatic heterocycles. The van der Waals surface area contributed by atoms with Crippen molar-refractivity contribution in [3.8, 4) is 0 Å². The summed E-state index contributed by atoms with van der Waals surface area (Å²) in [6, 6.07) is 1.32. The van der Waals surface area contributed by atoms with Gasteiger partial charge in [-0.05, 0) is 32.2 Å². The summed E-state index contributed by atoms with van der Waals surface area (Å²) in [5.74, 6) is 0.970. The molecular weight excluding hydrogens is 196 g/mol. The van der Waals surface area contributed by atoms with Crippen LogP contribution in [0.15, 0.2) is 0 Å². The quantitative estimate of drug-likeness (QED) is 0.718. The molecule has 1 aliphatic rings. The molecule has 96 valence electrons. The van der Waals surface area contributed by atoms with E-state index in [0.29, 0.717) is 12.1 Å². The first-order chi connectivity index (χ1) is 7.63. The Morgan fingerprint density at radius 3 is 2.38 bits per heavy atom. The molecule has 0 amide bonds. The molecule has 0 saturated heterocycles. The van der Waals surface area contributed by atoms with E-state index in [1.165, 1.54) is 38.6 Å². The molecule has 1 fully saturated rings. The lowest BCUT2D eigenvalue weighted by atomic mass is 10.1. The van der Waals surface area contributed by atoms with Gasteiger partial charge in [0.15, 0.2) is 0 Å². The number of likely N-dealkylation sites (N-methyl/N-ethyl adjacent to an activating group) is 1. The van der Waals surface area contributed by atoms with Gasteiger partial charge in [-0.15, -0.1) is 0 Å². The first-order valence-corrected chi connectivity index (χ1v) is 7.07. The minimum Gasteiger partial charge on any atom is -0.313 e. The lowest BCUT2D eigenvalue weighted by molar-refractivity contribution is 0.195. The summed E-state index contributed by atoms with van der Waals surface area (Å²) in [5.41, 5.74) is 0. The molecule has 2 heteroatoms. The van der Waals surface area contributed by atoms with E-state index in [2.05, 4.69) is 38.0 Å². The monoisotopic (exact) mass is 226 g/mol. The molecule has 2 nitrogen and oxygen atoms in total. The maximum atomic E-state index is 3.56. The normalized spacial score (nSPS) is 19.9. The van der Waals surface area contributed by atoms with Crippen LogP contribution >= 0.6 is 0 Å². The van der Waals surface area contributed by atoms with Gasteiger partial charge < -0.3 is 10.2 Å². The van der Waals surface area contributed by atoms with Crippen molar-refractivity contribution in [1.29, 1.82) is 0 Å². The molecule has 0 bridgehead atoms. The van der Waals surface area contributed by atoms with Crippen molar-refractivity contribution in [3.05, 3.63) is 0 Å². The summed E-state index contributed by atoms with van der Waals surface area (Å²) in [7, 11) is 2.30. The molecule has 0 aromatic rings. The maximum Gasteiger partial charge on any atom is 0.0215 e. The topological polar surface area (TPSA) is 15.3 Å². The Kier molecular flexibility index (Phi) is 6.37. The van der Waals surface area contributed by atoms with Crippen molar-refractivity contribution < 1.29 is 0 Å². The molecule has 1 aliphatic carbocycles. The summed E-state index contributed by atoms with van der Waals surface area (Å²) >= 11 is 0. The first kappa shape index (κ1) is 14.0. The summed E-state index contributed by atoms with van der Waals surface area (Å²) in [6.45, 7) is 9.20. The molecule has 1 rings (SSSR count). The average Bonchev–Trinajstić information content (AvgIpc) is 2.71. The van der Waals surface area contributed by atoms with Crippen molar-refractivity contribution >= 4 is 0 Å². The third-order valence-electron chi connectivity index (χ3n) is 3.88. The molecule has 0 aliphatic heterocycles. The Bertz CT molecular complexity index is 174.